The van der Waals surface area contributed by atoms with Gasteiger partial charge in [0.25, 0.3) is 11.8 Å². The van der Waals surface area contributed by atoms with Crippen LogP contribution in [0.25, 0.3) is 0 Å². The highest BCUT2D eigenvalue weighted by molar-refractivity contribution is 6.04. The molecule has 2 aliphatic rings. The molecule has 2 heterocycles. The highest BCUT2D eigenvalue weighted by Crippen LogP contribution is 2.33. The van der Waals surface area contributed by atoms with E-state index in [1.165, 1.54) is 46.3 Å². The Labute approximate surface area is 230 Å². The summed E-state index contributed by atoms with van der Waals surface area (Å²) < 4.78 is 47.6. The van der Waals surface area contributed by atoms with E-state index in [9.17, 15) is 22.8 Å². The quantitative estimate of drug-likeness (QED) is 0.421. The molecule has 1 atom stereocenters. The maximum atomic E-state index is 14.6. The van der Waals surface area contributed by atoms with E-state index in [1.807, 2.05) is 0 Å². The Bertz CT molecular complexity index is 1390. The van der Waals surface area contributed by atoms with Crippen molar-refractivity contribution < 1.29 is 27.5 Å². The van der Waals surface area contributed by atoms with Gasteiger partial charge in [-0.2, -0.15) is 5.10 Å². The molecule has 0 N–H and O–H groups in total. The van der Waals surface area contributed by atoms with E-state index < -0.39 is 35.3 Å². The average Bonchev–Trinajstić information content (AvgIpc) is 3.41. The molecular weight excluding hydrogens is 521 g/mol. The van der Waals surface area contributed by atoms with Crippen molar-refractivity contribution in [2.45, 2.75) is 12.5 Å². The Morgan fingerprint density at radius 3 is 2.40 bits per heavy atom. The van der Waals surface area contributed by atoms with Gasteiger partial charge in [-0.3, -0.25) is 14.5 Å². The Morgan fingerprint density at radius 2 is 1.68 bits per heavy atom. The molecule has 0 aliphatic carbocycles. The zero-order chi connectivity index (χ0) is 28.1. The van der Waals surface area contributed by atoms with Crippen molar-refractivity contribution in [2.75, 3.05) is 45.9 Å². The van der Waals surface area contributed by atoms with E-state index >= 15 is 0 Å². The van der Waals surface area contributed by atoms with Gasteiger partial charge in [0.1, 0.15) is 24.0 Å². The van der Waals surface area contributed by atoms with E-state index in [1.54, 1.807) is 30.3 Å². The minimum atomic E-state index is -0.618. The molecule has 5 rings (SSSR count). The SMILES string of the molecule is O=C(c1cccc(F)c1)N(CCN1CCOCC1)CC(=O)N1N=C(c2ccccc2F)C[C@H]1c1ccc(F)cc1. The molecule has 3 aromatic rings. The van der Waals surface area contributed by atoms with E-state index in [0.29, 0.717) is 44.1 Å². The highest BCUT2D eigenvalue weighted by atomic mass is 19.1. The van der Waals surface area contributed by atoms with Gasteiger partial charge < -0.3 is 9.64 Å². The monoisotopic (exact) mass is 550 g/mol. The van der Waals surface area contributed by atoms with Crippen LogP contribution in [0.3, 0.4) is 0 Å². The van der Waals surface area contributed by atoms with Crippen LogP contribution in [-0.2, 0) is 9.53 Å². The van der Waals surface area contributed by atoms with Crippen molar-refractivity contribution in [3.8, 4) is 0 Å². The lowest BCUT2D eigenvalue weighted by molar-refractivity contribution is -0.133. The molecule has 0 aromatic heterocycles. The topological polar surface area (TPSA) is 65.5 Å². The minimum absolute atomic E-state index is 0.127. The first-order chi connectivity index (χ1) is 19.4. The minimum Gasteiger partial charge on any atom is -0.379 e. The smallest absolute Gasteiger partial charge is 0.262 e. The molecule has 40 heavy (non-hydrogen) atoms. The number of amides is 2. The second-order valence-electron chi connectivity index (χ2n) is 9.73. The molecule has 1 fully saturated rings. The fourth-order valence-electron chi connectivity index (χ4n) is 4.92. The third-order valence-electron chi connectivity index (χ3n) is 7.08. The van der Waals surface area contributed by atoms with Gasteiger partial charge in [-0.1, -0.05) is 36.4 Å². The molecule has 2 aliphatic heterocycles. The van der Waals surface area contributed by atoms with Crippen LogP contribution in [0.1, 0.15) is 33.9 Å². The molecule has 1 saturated heterocycles. The van der Waals surface area contributed by atoms with E-state index in [4.69, 9.17) is 4.74 Å². The number of halogens is 3. The van der Waals surface area contributed by atoms with Crippen molar-refractivity contribution in [3.05, 3.63) is 107 Å². The van der Waals surface area contributed by atoms with Crippen molar-refractivity contribution in [1.29, 1.82) is 0 Å². The summed E-state index contributed by atoms with van der Waals surface area (Å²) in [6.45, 7) is 2.96. The summed E-state index contributed by atoms with van der Waals surface area (Å²) in [6.07, 6.45) is 0.212. The third-order valence-corrected chi connectivity index (χ3v) is 7.08. The van der Waals surface area contributed by atoms with Gasteiger partial charge in [0.2, 0.25) is 0 Å². The van der Waals surface area contributed by atoms with Crippen LogP contribution in [-0.4, -0.2) is 78.3 Å². The molecule has 208 valence electrons. The normalized spacial score (nSPS) is 17.5. The molecule has 0 bridgehead atoms. The van der Waals surface area contributed by atoms with E-state index in [2.05, 4.69) is 10.0 Å². The summed E-state index contributed by atoms with van der Waals surface area (Å²) in [5, 5.41) is 5.74. The lowest BCUT2D eigenvalue weighted by Gasteiger charge is -2.31. The summed E-state index contributed by atoms with van der Waals surface area (Å²) in [4.78, 5) is 30.7. The summed E-state index contributed by atoms with van der Waals surface area (Å²) in [5.74, 6) is -2.43. The first kappa shape index (κ1) is 27.5. The number of ether oxygens (including phenoxy) is 1. The van der Waals surface area contributed by atoms with Gasteiger partial charge in [-0.05, 0) is 42.0 Å². The van der Waals surface area contributed by atoms with Crippen LogP contribution in [0.15, 0.2) is 77.9 Å². The molecule has 0 radical (unpaired) electrons. The van der Waals surface area contributed by atoms with Crippen molar-refractivity contribution in [2.24, 2.45) is 5.10 Å². The number of hydrogen-bond donors (Lipinski definition) is 0. The van der Waals surface area contributed by atoms with Crippen molar-refractivity contribution >= 4 is 17.5 Å². The van der Waals surface area contributed by atoms with E-state index in [0.717, 1.165) is 6.07 Å². The van der Waals surface area contributed by atoms with E-state index in [-0.39, 0.29) is 30.6 Å². The molecule has 2 amide bonds. The summed E-state index contributed by atoms with van der Waals surface area (Å²) >= 11 is 0. The first-order valence-corrected chi connectivity index (χ1v) is 13.1. The molecule has 0 saturated carbocycles. The van der Waals surface area contributed by atoms with Gasteiger partial charge >= 0.3 is 0 Å². The summed E-state index contributed by atoms with van der Waals surface area (Å²) in [6, 6.07) is 16.6. The Morgan fingerprint density at radius 1 is 0.925 bits per heavy atom. The summed E-state index contributed by atoms with van der Waals surface area (Å²) in [5.41, 5.74) is 1.39. The van der Waals surface area contributed by atoms with Crippen LogP contribution >= 0.6 is 0 Å². The number of carbonyl (C=O) groups excluding carboxylic acids is 2. The number of hydrazone groups is 1. The first-order valence-electron chi connectivity index (χ1n) is 13.1. The molecule has 7 nitrogen and oxygen atoms in total. The number of morpholine rings is 1. The number of nitrogens with zero attached hydrogens (tertiary/aromatic N) is 4. The lowest BCUT2D eigenvalue weighted by Crippen LogP contribution is -2.46. The molecule has 3 aromatic carbocycles. The van der Waals surface area contributed by atoms with Crippen molar-refractivity contribution in [1.82, 2.24) is 14.8 Å². The van der Waals surface area contributed by atoms with Crippen LogP contribution < -0.4 is 0 Å². The van der Waals surface area contributed by atoms with Gasteiger partial charge in [0, 0.05) is 43.7 Å². The number of carbonyl (C=O) groups is 2. The van der Waals surface area contributed by atoms with Gasteiger partial charge in [0.05, 0.1) is 25.0 Å². The second kappa shape index (κ2) is 12.4. The Balaban J connectivity index is 1.42. The summed E-state index contributed by atoms with van der Waals surface area (Å²) in [7, 11) is 0. The van der Waals surface area contributed by atoms with Gasteiger partial charge in [0.15, 0.2) is 0 Å². The Kier molecular flexibility index (Phi) is 8.57. The average molecular weight is 551 g/mol. The molecule has 0 spiro atoms. The van der Waals surface area contributed by atoms with Crippen molar-refractivity contribution in [3.63, 3.8) is 0 Å². The fourth-order valence-corrected chi connectivity index (χ4v) is 4.92. The standard InChI is InChI=1S/C30H29F3N4O3/c31-23-10-8-21(9-11-23)28-19-27(25-6-1-2-7-26(25)33)34-37(28)29(38)20-36(13-12-35-14-16-40-17-15-35)30(39)22-4-3-5-24(32)18-22/h1-11,18,28H,12-17,19-20H2/t28-/m0/s1. The third kappa shape index (κ3) is 6.40. The molecule has 0 unspecified atom stereocenters. The van der Waals surface area contributed by atoms with Crippen LogP contribution in [0.5, 0.6) is 0 Å². The second-order valence-corrected chi connectivity index (χ2v) is 9.73. The maximum absolute atomic E-state index is 14.6. The van der Waals surface area contributed by atoms with Crippen LogP contribution in [0.2, 0.25) is 0 Å². The predicted octanol–water partition coefficient (Wildman–Crippen LogP) is 4.26. The fraction of sp³-hybridized carbons (Fsp3) is 0.300. The predicted molar refractivity (Wildman–Crippen MR) is 143 cm³/mol. The van der Waals surface area contributed by atoms with Gasteiger partial charge in [-0.25, -0.2) is 18.2 Å². The molecular formula is C30H29F3N4O3. The zero-order valence-electron chi connectivity index (χ0n) is 21.8. The van der Waals surface area contributed by atoms with Crippen LogP contribution in [0, 0.1) is 17.5 Å². The number of benzene rings is 3. The molecule has 10 heteroatoms. The largest absolute Gasteiger partial charge is 0.379 e. The lowest BCUT2D eigenvalue weighted by atomic mass is 9.98. The number of rotatable bonds is 8. The highest BCUT2D eigenvalue weighted by Gasteiger charge is 2.35. The number of hydrogen-bond acceptors (Lipinski definition) is 5. The zero-order valence-corrected chi connectivity index (χ0v) is 21.8. The van der Waals surface area contributed by atoms with Gasteiger partial charge in [-0.15, -0.1) is 0 Å². The Hall–Kier alpha value is -4.02. The maximum Gasteiger partial charge on any atom is 0.262 e. The van der Waals surface area contributed by atoms with Crippen LogP contribution in [0.4, 0.5) is 13.2 Å².